The Kier molecular flexibility index (Phi) is 3.34. The Morgan fingerprint density at radius 2 is 2.18 bits per heavy atom. The molecule has 2 nitrogen and oxygen atoms in total. The van der Waals surface area contributed by atoms with Gasteiger partial charge in [0.15, 0.2) is 0 Å². The van der Waals surface area contributed by atoms with Gasteiger partial charge in [0.25, 0.3) is 0 Å². The SMILES string of the molecule is CCNCC1(CCOC)CC1. The van der Waals surface area contributed by atoms with Crippen molar-refractivity contribution < 1.29 is 4.74 Å². The first-order valence-electron chi connectivity index (χ1n) is 4.53. The van der Waals surface area contributed by atoms with Gasteiger partial charge in [-0.15, -0.1) is 0 Å². The summed E-state index contributed by atoms with van der Waals surface area (Å²) in [4.78, 5) is 0. The van der Waals surface area contributed by atoms with Gasteiger partial charge in [-0.3, -0.25) is 0 Å². The number of methoxy groups -OCH3 is 1. The monoisotopic (exact) mass is 157 g/mol. The molecule has 0 radical (unpaired) electrons. The lowest BCUT2D eigenvalue weighted by Crippen LogP contribution is -2.24. The van der Waals surface area contributed by atoms with Crippen molar-refractivity contribution in [3.05, 3.63) is 0 Å². The van der Waals surface area contributed by atoms with Crippen molar-refractivity contribution in [3.63, 3.8) is 0 Å². The summed E-state index contributed by atoms with van der Waals surface area (Å²) in [6, 6.07) is 0. The van der Waals surface area contributed by atoms with Crippen molar-refractivity contribution in [3.8, 4) is 0 Å². The fourth-order valence-electron chi connectivity index (χ4n) is 1.40. The molecular weight excluding hydrogens is 138 g/mol. The maximum Gasteiger partial charge on any atom is 0.0468 e. The van der Waals surface area contributed by atoms with Crippen LogP contribution in [-0.2, 0) is 4.74 Å². The Bertz CT molecular complexity index is 100. The molecule has 0 aliphatic heterocycles. The van der Waals surface area contributed by atoms with Crippen LogP contribution in [0.15, 0.2) is 0 Å². The van der Waals surface area contributed by atoms with Crippen LogP contribution in [0.25, 0.3) is 0 Å². The van der Waals surface area contributed by atoms with Crippen LogP contribution in [0.4, 0.5) is 0 Å². The zero-order valence-electron chi connectivity index (χ0n) is 7.65. The second-order valence-electron chi connectivity index (χ2n) is 3.52. The van der Waals surface area contributed by atoms with Crippen LogP contribution in [0, 0.1) is 5.41 Å². The van der Waals surface area contributed by atoms with Crippen LogP contribution in [0.5, 0.6) is 0 Å². The molecule has 1 N–H and O–H groups in total. The minimum atomic E-state index is 0.617. The molecule has 1 aliphatic carbocycles. The molecule has 66 valence electrons. The largest absolute Gasteiger partial charge is 0.385 e. The summed E-state index contributed by atoms with van der Waals surface area (Å²) in [7, 11) is 1.78. The fourth-order valence-corrected chi connectivity index (χ4v) is 1.40. The maximum absolute atomic E-state index is 5.07. The standard InChI is InChI=1S/C9H19NO/c1-3-10-8-9(4-5-9)6-7-11-2/h10H,3-8H2,1-2H3. The highest BCUT2D eigenvalue weighted by molar-refractivity contribution is 4.94. The molecule has 11 heavy (non-hydrogen) atoms. The van der Waals surface area contributed by atoms with Crippen molar-refractivity contribution in [1.82, 2.24) is 5.32 Å². The zero-order chi connectivity index (χ0) is 8.16. The molecule has 2 heteroatoms. The first-order valence-corrected chi connectivity index (χ1v) is 4.53. The lowest BCUT2D eigenvalue weighted by molar-refractivity contribution is 0.171. The smallest absolute Gasteiger partial charge is 0.0468 e. The van der Waals surface area contributed by atoms with Gasteiger partial charge in [-0.1, -0.05) is 6.92 Å². The third-order valence-corrected chi connectivity index (χ3v) is 2.54. The van der Waals surface area contributed by atoms with Crippen molar-refractivity contribution >= 4 is 0 Å². The Balaban J connectivity index is 2.08. The summed E-state index contributed by atoms with van der Waals surface area (Å²) in [6.07, 6.45) is 4.02. The summed E-state index contributed by atoms with van der Waals surface area (Å²) in [5.74, 6) is 0. The highest BCUT2D eigenvalue weighted by atomic mass is 16.5. The molecule has 0 aromatic rings. The molecule has 1 rings (SSSR count). The number of ether oxygens (including phenoxy) is 1. The van der Waals surface area contributed by atoms with Crippen molar-refractivity contribution in [1.29, 1.82) is 0 Å². The predicted molar refractivity (Wildman–Crippen MR) is 46.7 cm³/mol. The van der Waals surface area contributed by atoms with E-state index in [1.54, 1.807) is 7.11 Å². The van der Waals surface area contributed by atoms with Crippen molar-refractivity contribution in [2.75, 3.05) is 26.8 Å². The van der Waals surface area contributed by atoms with Crippen LogP contribution in [0.2, 0.25) is 0 Å². The predicted octanol–water partition coefficient (Wildman–Crippen LogP) is 1.41. The van der Waals surface area contributed by atoms with E-state index in [1.165, 1.54) is 25.8 Å². The normalized spacial score (nSPS) is 20.2. The Morgan fingerprint density at radius 3 is 2.64 bits per heavy atom. The van der Waals surface area contributed by atoms with E-state index in [1.807, 2.05) is 0 Å². The average molecular weight is 157 g/mol. The van der Waals surface area contributed by atoms with Gasteiger partial charge < -0.3 is 10.1 Å². The molecule has 0 unspecified atom stereocenters. The van der Waals surface area contributed by atoms with E-state index in [0.717, 1.165) is 13.2 Å². The van der Waals surface area contributed by atoms with E-state index in [2.05, 4.69) is 12.2 Å². The Hall–Kier alpha value is -0.0800. The molecule has 0 aromatic carbocycles. The van der Waals surface area contributed by atoms with Gasteiger partial charge in [0, 0.05) is 20.3 Å². The highest BCUT2D eigenvalue weighted by Crippen LogP contribution is 2.47. The van der Waals surface area contributed by atoms with Crippen molar-refractivity contribution in [2.45, 2.75) is 26.2 Å². The van der Waals surface area contributed by atoms with E-state index in [4.69, 9.17) is 4.74 Å². The van der Waals surface area contributed by atoms with E-state index in [0.29, 0.717) is 5.41 Å². The van der Waals surface area contributed by atoms with Gasteiger partial charge in [0.05, 0.1) is 0 Å². The molecule has 0 heterocycles. The summed E-state index contributed by atoms with van der Waals surface area (Å²) in [5, 5.41) is 3.40. The van der Waals surface area contributed by atoms with Crippen LogP contribution < -0.4 is 5.32 Å². The molecule has 1 fully saturated rings. The van der Waals surface area contributed by atoms with Crippen LogP contribution in [0.1, 0.15) is 26.2 Å². The molecule has 1 saturated carbocycles. The first-order chi connectivity index (χ1) is 5.33. The van der Waals surface area contributed by atoms with Gasteiger partial charge in [0.1, 0.15) is 0 Å². The summed E-state index contributed by atoms with van der Waals surface area (Å²) in [5.41, 5.74) is 0.617. The molecular formula is C9H19NO. The van der Waals surface area contributed by atoms with Crippen LogP contribution >= 0.6 is 0 Å². The first kappa shape index (κ1) is 9.01. The summed E-state index contributed by atoms with van der Waals surface area (Å²) < 4.78 is 5.07. The minimum Gasteiger partial charge on any atom is -0.385 e. The highest BCUT2D eigenvalue weighted by Gasteiger charge is 2.41. The number of rotatable bonds is 6. The fraction of sp³-hybridized carbons (Fsp3) is 1.00. The molecule has 0 atom stereocenters. The molecule has 0 amide bonds. The van der Waals surface area contributed by atoms with Gasteiger partial charge in [-0.05, 0) is 31.2 Å². The van der Waals surface area contributed by atoms with E-state index in [9.17, 15) is 0 Å². The van der Waals surface area contributed by atoms with Gasteiger partial charge in [-0.25, -0.2) is 0 Å². The maximum atomic E-state index is 5.07. The van der Waals surface area contributed by atoms with Crippen LogP contribution in [-0.4, -0.2) is 26.8 Å². The quantitative estimate of drug-likeness (QED) is 0.629. The molecule has 0 saturated heterocycles. The summed E-state index contributed by atoms with van der Waals surface area (Å²) in [6.45, 7) is 5.36. The van der Waals surface area contributed by atoms with Gasteiger partial charge in [0.2, 0.25) is 0 Å². The van der Waals surface area contributed by atoms with Gasteiger partial charge in [-0.2, -0.15) is 0 Å². The number of hydrogen-bond acceptors (Lipinski definition) is 2. The average Bonchev–Trinajstić information content (AvgIpc) is 2.79. The van der Waals surface area contributed by atoms with Gasteiger partial charge >= 0.3 is 0 Å². The Morgan fingerprint density at radius 1 is 1.45 bits per heavy atom. The lowest BCUT2D eigenvalue weighted by atomic mass is 10.0. The lowest BCUT2D eigenvalue weighted by Gasteiger charge is -2.14. The van der Waals surface area contributed by atoms with E-state index >= 15 is 0 Å². The summed E-state index contributed by atoms with van der Waals surface area (Å²) >= 11 is 0. The molecule has 0 aromatic heterocycles. The Labute approximate surface area is 69.3 Å². The third kappa shape index (κ3) is 2.80. The zero-order valence-corrected chi connectivity index (χ0v) is 7.65. The molecule has 1 aliphatic rings. The number of nitrogens with one attached hydrogen (secondary N) is 1. The number of hydrogen-bond donors (Lipinski definition) is 1. The minimum absolute atomic E-state index is 0.617. The van der Waals surface area contributed by atoms with E-state index < -0.39 is 0 Å². The molecule has 0 spiro atoms. The second kappa shape index (κ2) is 4.07. The van der Waals surface area contributed by atoms with Crippen molar-refractivity contribution in [2.24, 2.45) is 5.41 Å². The third-order valence-electron chi connectivity index (χ3n) is 2.54. The second-order valence-corrected chi connectivity index (χ2v) is 3.52. The van der Waals surface area contributed by atoms with E-state index in [-0.39, 0.29) is 0 Å². The topological polar surface area (TPSA) is 21.3 Å². The molecule has 0 bridgehead atoms. The van der Waals surface area contributed by atoms with Crippen LogP contribution in [0.3, 0.4) is 0 Å².